The molecule has 69 valence electrons. The monoisotopic (exact) mass is 180 g/mol. The zero-order chi connectivity index (χ0) is 9.26. The fraction of sp³-hybridized carbons (Fsp3) is 0.500. The lowest BCUT2D eigenvalue weighted by Gasteiger charge is -1.88. The molecule has 2 rings (SSSR count). The van der Waals surface area contributed by atoms with Crippen LogP contribution in [0.25, 0.3) is 0 Å². The van der Waals surface area contributed by atoms with Crippen molar-refractivity contribution < 1.29 is 9.32 Å². The maximum atomic E-state index is 10.6. The van der Waals surface area contributed by atoms with Crippen molar-refractivity contribution in [2.24, 2.45) is 11.7 Å². The molecular weight excluding hydrogens is 170 g/mol. The molecule has 0 saturated heterocycles. The van der Waals surface area contributed by atoms with Crippen molar-refractivity contribution in [1.29, 1.82) is 0 Å². The number of carbonyl (C=O) groups excluding carboxylic acids is 1. The highest BCUT2D eigenvalue weighted by atomic mass is 16.5. The first kappa shape index (κ1) is 8.22. The van der Waals surface area contributed by atoms with Crippen LogP contribution in [0, 0.1) is 12.3 Å². The van der Waals surface area contributed by atoms with Crippen LogP contribution in [0.4, 0.5) is 0 Å². The molecule has 1 heterocycles. The van der Waals surface area contributed by atoms with Crippen LogP contribution >= 0.6 is 0 Å². The van der Waals surface area contributed by atoms with E-state index in [1.807, 2.05) is 0 Å². The van der Waals surface area contributed by atoms with Gasteiger partial charge in [0.05, 0.1) is 0 Å². The van der Waals surface area contributed by atoms with E-state index in [2.05, 4.69) is 21.1 Å². The number of nitrogens with zero attached hydrogens (tertiary/aromatic N) is 2. The highest BCUT2D eigenvalue weighted by molar-refractivity contribution is 5.87. The van der Waals surface area contributed by atoms with Crippen LogP contribution in [0.1, 0.15) is 29.4 Å². The van der Waals surface area contributed by atoms with Gasteiger partial charge in [0.1, 0.15) is 0 Å². The summed E-state index contributed by atoms with van der Waals surface area (Å²) in [5, 5.41) is 3.62. The van der Waals surface area contributed by atoms with E-state index in [0.717, 1.165) is 0 Å². The molecule has 0 atom stereocenters. The Balaban J connectivity index is 1.92. The lowest BCUT2D eigenvalue weighted by Crippen LogP contribution is -2.11. The minimum absolute atomic E-state index is 0.112. The number of aromatic nitrogens is 2. The summed E-state index contributed by atoms with van der Waals surface area (Å²) in [6, 6.07) is 0. The maximum absolute atomic E-state index is 10.6. The van der Waals surface area contributed by atoms with Crippen LogP contribution in [-0.2, 0) is 6.42 Å². The van der Waals surface area contributed by atoms with Crippen LogP contribution in [-0.4, -0.2) is 16.0 Å². The molecular formula is C8H10N3O2. The maximum Gasteiger partial charge on any atom is 0.315 e. The summed E-state index contributed by atoms with van der Waals surface area (Å²) >= 11 is 0. The number of carbonyl (C=O) groups is 1. The van der Waals surface area contributed by atoms with Crippen molar-refractivity contribution in [3.05, 3.63) is 18.1 Å². The molecule has 0 unspecified atom stereocenters. The van der Waals surface area contributed by atoms with Gasteiger partial charge in [-0.1, -0.05) is 5.16 Å². The molecule has 0 aliphatic heterocycles. The fourth-order valence-electron chi connectivity index (χ4n) is 1.04. The highest BCUT2D eigenvalue weighted by Crippen LogP contribution is 2.32. The van der Waals surface area contributed by atoms with Gasteiger partial charge in [0.15, 0.2) is 5.82 Å². The smallest absolute Gasteiger partial charge is 0.315 e. The van der Waals surface area contributed by atoms with Crippen molar-refractivity contribution in [1.82, 2.24) is 10.1 Å². The summed E-state index contributed by atoms with van der Waals surface area (Å²) in [5.41, 5.74) is 4.95. The second-order valence-electron chi connectivity index (χ2n) is 3.16. The highest BCUT2D eigenvalue weighted by Gasteiger charge is 2.22. The van der Waals surface area contributed by atoms with E-state index < -0.39 is 5.91 Å². The number of primary amides is 1. The lowest BCUT2D eigenvalue weighted by atomic mass is 10.2. The van der Waals surface area contributed by atoms with Gasteiger partial charge in [-0.3, -0.25) is 4.79 Å². The standard InChI is InChI=1S/C8H10N3O2/c9-7(12)8-10-6(11-13-8)4-3-5-1-2-5/h3,5H,1-2,4H2,(H2,9,12). The van der Waals surface area contributed by atoms with Gasteiger partial charge in [0, 0.05) is 6.42 Å². The van der Waals surface area contributed by atoms with E-state index in [1.165, 1.54) is 12.8 Å². The zero-order valence-corrected chi connectivity index (χ0v) is 7.06. The van der Waals surface area contributed by atoms with Gasteiger partial charge >= 0.3 is 11.8 Å². The topological polar surface area (TPSA) is 82.0 Å². The van der Waals surface area contributed by atoms with Crippen LogP contribution in [0.15, 0.2) is 4.52 Å². The molecule has 5 nitrogen and oxygen atoms in total. The Morgan fingerprint density at radius 3 is 3.00 bits per heavy atom. The van der Waals surface area contributed by atoms with Crippen molar-refractivity contribution >= 4 is 5.91 Å². The van der Waals surface area contributed by atoms with Gasteiger partial charge < -0.3 is 10.3 Å². The Bertz CT molecular complexity index is 317. The third-order valence-electron chi connectivity index (χ3n) is 1.93. The molecule has 1 aliphatic carbocycles. The van der Waals surface area contributed by atoms with Crippen LogP contribution < -0.4 is 5.73 Å². The first-order chi connectivity index (χ1) is 6.25. The molecule has 1 aromatic heterocycles. The molecule has 1 saturated carbocycles. The zero-order valence-electron chi connectivity index (χ0n) is 7.06. The number of rotatable bonds is 4. The third-order valence-corrected chi connectivity index (χ3v) is 1.93. The average Bonchev–Trinajstić information content (AvgIpc) is 2.79. The largest absolute Gasteiger partial charge is 0.361 e. The molecule has 0 bridgehead atoms. The van der Waals surface area contributed by atoms with Crippen molar-refractivity contribution in [3.63, 3.8) is 0 Å². The van der Waals surface area contributed by atoms with Gasteiger partial charge in [-0.25, -0.2) is 0 Å². The SMILES string of the molecule is NC(=O)c1nc(C[CH]C2CC2)no1. The summed E-state index contributed by atoms with van der Waals surface area (Å²) in [4.78, 5) is 14.4. The van der Waals surface area contributed by atoms with Gasteiger partial charge in [-0.05, 0) is 25.2 Å². The number of hydrogen-bond acceptors (Lipinski definition) is 4. The Morgan fingerprint density at radius 1 is 1.69 bits per heavy atom. The second-order valence-corrected chi connectivity index (χ2v) is 3.16. The first-order valence-electron chi connectivity index (χ1n) is 4.21. The first-order valence-corrected chi connectivity index (χ1v) is 4.21. The van der Waals surface area contributed by atoms with Gasteiger partial charge in [-0.15, -0.1) is 0 Å². The van der Waals surface area contributed by atoms with Gasteiger partial charge in [0.25, 0.3) is 0 Å². The molecule has 1 radical (unpaired) electrons. The van der Waals surface area contributed by atoms with Crippen molar-refractivity contribution in [2.75, 3.05) is 0 Å². The van der Waals surface area contributed by atoms with E-state index in [0.29, 0.717) is 18.2 Å². The quantitative estimate of drug-likeness (QED) is 0.723. The Labute approximate surface area is 75.3 Å². The molecule has 0 spiro atoms. The summed E-state index contributed by atoms with van der Waals surface area (Å²) in [6.45, 7) is 0. The Morgan fingerprint density at radius 2 is 2.46 bits per heavy atom. The molecule has 5 heteroatoms. The van der Waals surface area contributed by atoms with Gasteiger partial charge in [0.2, 0.25) is 0 Å². The minimum Gasteiger partial charge on any atom is -0.361 e. The molecule has 13 heavy (non-hydrogen) atoms. The number of hydrogen-bond donors (Lipinski definition) is 1. The molecule has 1 aliphatic rings. The number of amides is 1. The summed E-state index contributed by atoms with van der Waals surface area (Å²) in [7, 11) is 0. The van der Waals surface area contributed by atoms with E-state index in [9.17, 15) is 4.79 Å². The van der Waals surface area contributed by atoms with Crippen LogP contribution in [0.5, 0.6) is 0 Å². The summed E-state index contributed by atoms with van der Waals surface area (Å²) in [6.07, 6.45) is 5.29. The summed E-state index contributed by atoms with van der Waals surface area (Å²) < 4.78 is 4.62. The van der Waals surface area contributed by atoms with E-state index in [1.54, 1.807) is 0 Å². The van der Waals surface area contributed by atoms with E-state index in [4.69, 9.17) is 5.73 Å². The third kappa shape index (κ3) is 2.05. The molecule has 1 fully saturated rings. The predicted octanol–water partition coefficient (Wildman–Crippen LogP) is 0.325. The fourth-order valence-corrected chi connectivity index (χ4v) is 1.04. The lowest BCUT2D eigenvalue weighted by molar-refractivity contribution is 0.0958. The van der Waals surface area contributed by atoms with Crippen LogP contribution in [0.3, 0.4) is 0 Å². The molecule has 2 N–H and O–H groups in total. The Hall–Kier alpha value is -1.39. The molecule has 1 aromatic rings. The van der Waals surface area contributed by atoms with E-state index >= 15 is 0 Å². The normalized spacial score (nSPS) is 16.0. The minimum atomic E-state index is -0.676. The van der Waals surface area contributed by atoms with Gasteiger partial charge in [-0.2, -0.15) is 4.98 Å². The van der Waals surface area contributed by atoms with Crippen molar-refractivity contribution in [3.8, 4) is 0 Å². The average molecular weight is 180 g/mol. The number of nitrogens with two attached hydrogens (primary N) is 1. The predicted molar refractivity (Wildman–Crippen MR) is 43.5 cm³/mol. The molecule has 0 aromatic carbocycles. The van der Waals surface area contributed by atoms with E-state index in [-0.39, 0.29) is 5.89 Å². The van der Waals surface area contributed by atoms with Crippen LogP contribution in [0.2, 0.25) is 0 Å². The summed E-state index contributed by atoms with van der Waals surface area (Å²) in [5.74, 6) is 0.445. The Kier molecular flexibility index (Phi) is 2.00. The molecule has 1 amide bonds. The van der Waals surface area contributed by atoms with Crippen molar-refractivity contribution in [2.45, 2.75) is 19.3 Å². The second kappa shape index (κ2) is 3.16.